The molecule has 0 saturated heterocycles. The molecular weight excluding hydrogens is 348 g/mol. The van der Waals surface area contributed by atoms with Gasteiger partial charge in [0.1, 0.15) is 0 Å². The fraction of sp³-hybridized carbons (Fsp3) is 0.350. The standard InChI is InChI=1S/C20H26N2O3S/c1-5-22(6-2)26(24,25)19-13-11-17(12-14-19)20(23)21(4)15-18-10-8-7-9-16(18)3/h7-14H,5-6,15H2,1-4H3. The average molecular weight is 375 g/mol. The van der Waals surface area contributed by atoms with Crippen molar-refractivity contribution in [2.45, 2.75) is 32.2 Å². The van der Waals surface area contributed by atoms with Crippen molar-refractivity contribution in [1.29, 1.82) is 0 Å². The number of carbonyl (C=O) groups is 1. The van der Waals surface area contributed by atoms with Crippen molar-refractivity contribution in [3.8, 4) is 0 Å². The molecule has 0 aliphatic rings. The number of amides is 1. The van der Waals surface area contributed by atoms with E-state index in [9.17, 15) is 13.2 Å². The lowest BCUT2D eigenvalue weighted by molar-refractivity contribution is 0.0785. The van der Waals surface area contributed by atoms with Gasteiger partial charge in [0.25, 0.3) is 5.91 Å². The summed E-state index contributed by atoms with van der Waals surface area (Å²) >= 11 is 0. The maximum atomic E-state index is 12.6. The van der Waals surface area contributed by atoms with Crippen LogP contribution in [0.3, 0.4) is 0 Å². The molecule has 0 aromatic heterocycles. The van der Waals surface area contributed by atoms with Crippen LogP contribution in [0.2, 0.25) is 0 Å². The summed E-state index contributed by atoms with van der Waals surface area (Å²) in [5.74, 6) is -0.139. The minimum atomic E-state index is -3.51. The summed E-state index contributed by atoms with van der Waals surface area (Å²) < 4.78 is 26.4. The van der Waals surface area contributed by atoms with Crippen molar-refractivity contribution in [3.05, 3.63) is 65.2 Å². The SMILES string of the molecule is CCN(CC)S(=O)(=O)c1ccc(C(=O)N(C)Cc2ccccc2C)cc1. The number of hydrogen-bond donors (Lipinski definition) is 0. The van der Waals surface area contributed by atoms with Crippen LogP contribution in [0, 0.1) is 6.92 Å². The summed E-state index contributed by atoms with van der Waals surface area (Å²) in [6.45, 7) is 6.96. The molecule has 0 aliphatic carbocycles. The Morgan fingerprint density at radius 2 is 1.54 bits per heavy atom. The van der Waals surface area contributed by atoms with E-state index in [0.29, 0.717) is 25.2 Å². The Bertz CT molecular complexity index is 857. The monoisotopic (exact) mass is 374 g/mol. The zero-order valence-electron chi connectivity index (χ0n) is 15.8. The van der Waals surface area contributed by atoms with Gasteiger partial charge >= 0.3 is 0 Å². The Morgan fingerprint density at radius 1 is 0.962 bits per heavy atom. The second-order valence-electron chi connectivity index (χ2n) is 6.20. The summed E-state index contributed by atoms with van der Waals surface area (Å²) in [6, 6.07) is 14.1. The van der Waals surface area contributed by atoms with Gasteiger partial charge in [-0.25, -0.2) is 8.42 Å². The highest BCUT2D eigenvalue weighted by molar-refractivity contribution is 7.89. The molecule has 6 heteroatoms. The van der Waals surface area contributed by atoms with Crippen LogP contribution < -0.4 is 0 Å². The maximum absolute atomic E-state index is 12.6. The van der Waals surface area contributed by atoms with Gasteiger partial charge < -0.3 is 4.90 Å². The van der Waals surface area contributed by atoms with Gasteiger partial charge in [-0.2, -0.15) is 4.31 Å². The second-order valence-corrected chi connectivity index (χ2v) is 8.14. The zero-order chi connectivity index (χ0) is 19.3. The average Bonchev–Trinajstić information content (AvgIpc) is 2.64. The van der Waals surface area contributed by atoms with E-state index in [1.54, 1.807) is 37.9 Å². The first kappa shape index (κ1) is 20.1. The van der Waals surface area contributed by atoms with E-state index in [-0.39, 0.29) is 10.8 Å². The number of aryl methyl sites for hydroxylation is 1. The Hall–Kier alpha value is -2.18. The molecule has 0 aliphatic heterocycles. The van der Waals surface area contributed by atoms with E-state index in [0.717, 1.165) is 11.1 Å². The first-order valence-corrected chi connectivity index (χ1v) is 10.2. The summed E-state index contributed by atoms with van der Waals surface area (Å²) in [4.78, 5) is 14.5. The van der Waals surface area contributed by atoms with Crippen LogP contribution in [-0.4, -0.2) is 43.7 Å². The van der Waals surface area contributed by atoms with Crippen LogP contribution in [0.4, 0.5) is 0 Å². The van der Waals surface area contributed by atoms with Crippen molar-refractivity contribution in [1.82, 2.24) is 9.21 Å². The number of sulfonamides is 1. The highest BCUT2D eigenvalue weighted by Crippen LogP contribution is 2.18. The molecular formula is C20H26N2O3S. The molecule has 0 unspecified atom stereocenters. The fourth-order valence-corrected chi connectivity index (χ4v) is 4.28. The first-order chi connectivity index (χ1) is 12.3. The molecule has 2 aromatic rings. The van der Waals surface area contributed by atoms with Gasteiger partial charge in [-0.15, -0.1) is 0 Å². The fourth-order valence-electron chi connectivity index (χ4n) is 2.82. The normalized spacial score (nSPS) is 11.6. The summed E-state index contributed by atoms with van der Waals surface area (Å²) in [6.07, 6.45) is 0. The van der Waals surface area contributed by atoms with Gasteiger partial charge in [0.05, 0.1) is 4.90 Å². The minimum absolute atomic E-state index is 0.139. The van der Waals surface area contributed by atoms with E-state index >= 15 is 0 Å². The van der Waals surface area contributed by atoms with Gasteiger partial charge in [0.15, 0.2) is 0 Å². The molecule has 0 radical (unpaired) electrons. The van der Waals surface area contributed by atoms with Crippen LogP contribution >= 0.6 is 0 Å². The molecule has 26 heavy (non-hydrogen) atoms. The Morgan fingerprint density at radius 3 is 2.08 bits per heavy atom. The summed E-state index contributed by atoms with van der Waals surface area (Å²) in [5.41, 5.74) is 2.69. The second kappa shape index (κ2) is 8.47. The van der Waals surface area contributed by atoms with E-state index in [1.165, 1.54) is 16.4 Å². The topological polar surface area (TPSA) is 57.7 Å². The van der Waals surface area contributed by atoms with E-state index in [4.69, 9.17) is 0 Å². The highest BCUT2D eigenvalue weighted by atomic mass is 32.2. The highest BCUT2D eigenvalue weighted by Gasteiger charge is 2.22. The van der Waals surface area contributed by atoms with Crippen LogP contribution in [0.5, 0.6) is 0 Å². The Balaban J connectivity index is 2.17. The third kappa shape index (κ3) is 4.31. The minimum Gasteiger partial charge on any atom is -0.337 e. The van der Waals surface area contributed by atoms with Crippen LogP contribution in [0.15, 0.2) is 53.4 Å². The predicted molar refractivity (Wildman–Crippen MR) is 104 cm³/mol. The Labute approximate surface area is 156 Å². The van der Waals surface area contributed by atoms with Gasteiger partial charge in [-0.05, 0) is 42.3 Å². The van der Waals surface area contributed by atoms with Gasteiger partial charge in [0, 0.05) is 32.2 Å². The number of rotatable bonds is 7. The van der Waals surface area contributed by atoms with E-state index in [1.807, 2.05) is 31.2 Å². The lowest BCUT2D eigenvalue weighted by atomic mass is 10.1. The van der Waals surface area contributed by atoms with Gasteiger partial charge in [-0.3, -0.25) is 4.79 Å². The lowest BCUT2D eigenvalue weighted by Crippen LogP contribution is -2.30. The van der Waals surface area contributed by atoms with E-state index < -0.39 is 10.0 Å². The summed E-state index contributed by atoms with van der Waals surface area (Å²) in [7, 11) is -1.76. The largest absolute Gasteiger partial charge is 0.337 e. The third-order valence-corrected chi connectivity index (χ3v) is 6.52. The molecule has 5 nitrogen and oxygen atoms in total. The number of benzene rings is 2. The van der Waals surface area contributed by atoms with Crippen LogP contribution in [-0.2, 0) is 16.6 Å². The third-order valence-electron chi connectivity index (χ3n) is 4.46. The van der Waals surface area contributed by atoms with Crippen molar-refractivity contribution in [2.24, 2.45) is 0 Å². The molecule has 140 valence electrons. The first-order valence-electron chi connectivity index (χ1n) is 8.71. The maximum Gasteiger partial charge on any atom is 0.253 e. The zero-order valence-corrected chi connectivity index (χ0v) is 16.6. The van der Waals surface area contributed by atoms with Crippen molar-refractivity contribution >= 4 is 15.9 Å². The lowest BCUT2D eigenvalue weighted by Gasteiger charge is -2.20. The van der Waals surface area contributed by atoms with E-state index in [2.05, 4.69) is 0 Å². The molecule has 0 heterocycles. The summed E-state index contributed by atoms with van der Waals surface area (Å²) in [5, 5.41) is 0. The predicted octanol–water partition coefficient (Wildman–Crippen LogP) is 3.30. The molecule has 1 amide bonds. The van der Waals surface area contributed by atoms with Crippen LogP contribution in [0.1, 0.15) is 35.3 Å². The number of nitrogens with zero attached hydrogens (tertiary/aromatic N) is 2. The molecule has 0 saturated carbocycles. The molecule has 0 fully saturated rings. The van der Waals surface area contributed by atoms with Gasteiger partial charge in [-0.1, -0.05) is 38.1 Å². The number of carbonyl (C=O) groups excluding carboxylic acids is 1. The van der Waals surface area contributed by atoms with Gasteiger partial charge in [0.2, 0.25) is 10.0 Å². The molecule has 2 rings (SSSR count). The van der Waals surface area contributed by atoms with Crippen LogP contribution in [0.25, 0.3) is 0 Å². The van der Waals surface area contributed by atoms with Crippen molar-refractivity contribution in [2.75, 3.05) is 20.1 Å². The molecule has 0 spiro atoms. The van der Waals surface area contributed by atoms with Crippen molar-refractivity contribution < 1.29 is 13.2 Å². The smallest absolute Gasteiger partial charge is 0.253 e. The quantitative estimate of drug-likeness (QED) is 0.747. The molecule has 0 bridgehead atoms. The Kier molecular flexibility index (Phi) is 6.56. The molecule has 0 atom stereocenters. The molecule has 2 aromatic carbocycles. The van der Waals surface area contributed by atoms with Crippen molar-refractivity contribution in [3.63, 3.8) is 0 Å². The molecule has 0 N–H and O–H groups in total. The number of hydrogen-bond acceptors (Lipinski definition) is 3.